The van der Waals surface area contributed by atoms with Gasteiger partial charge < -0.3 is 9.30 Å². The maximum atomic E-state index is 12.8. The van der Waals surface area contributed by atoms with Crippen LogP contribution in [0.25, 0.3) is 0 Å². The summed E-state index contributed by atoms with van der Waals surface area (Å²) in [7, 11) is 1.59. The van der Waals surface area contributed by atoms with Gasteiger partial charge in [0.1, 0.15) is 5.75 Å². The average Bonchev–Trinajstić information content (AvgIpc) is 2.72. The lowest BCUT2D eigenvalue weighted by Gasteiger charge is -2.16. The number of aromatic nitrogens is 1. The summed E-state index contributed by atoms with van der Waals surface area (Å²) >= 11 is 0. The number of rotatable bonds is 2. The number of halogens is 6. The smallest absolute Gasteiger partial charge is 0.417 e. The Morgan fingerprint density at radius 3 is 2.00 bits per heavy atom. The summed E-state index contributed by atoms with van der Waals surface area (Å²) in [6, 6.07) is 4.62. The van der Waals surface area contributed by atoms with E-state index in [2.05, 4.69) is 0 Å². The minimum atomic E-state index is -5.13. The van der Waals surface area contributed by atoms with E-state index in [-0.39, 0.29) is 11.6 Å². The fourth-order valence-corrected chi connectivity index (χ4v) is 1.74. The molecule has 0 N–H and O–H groups in total. The zero-order valence-electron chi connectivity index (χ0n) is 10.6. The Morgan fingerprint density at radius 2 is 1.52 bits per heavy atom. The largest absolute Gasteiger partial charge is 0.441 e. The van der Waals surface area contributed by atoms with Gasteiger partial charge in [-0.15, -0.1) is 0 Å². The van der Waals surface area contributed by atoms with Crippen molar-refractivity contribution >= 4 is 0 Å². The van der Waals surface area contributed by atoms with E-state index in [0.29, 0.717) is 12.1 Å². The van der Waals surface area contributed by atoms with Crippen LogP contribution in [0.2, 0.25) is 0 Å². The van der Waals surface area contributed by atoms with E-state index in [1.165, 1.54) is 10.6 Å². The Kier molecular flexibility index (Phi) is 3.65. The van der Waals surface area contributed by atoms with Crippen molar-refractivity contribution in [3.63, 3.8) is 0 Å². The molecule has 0 fully saturated rings. The van der Waals surface area contributed by atoms with Crippen LogP contribution in [0, 0.1) is 0 Å². The molecule has 0 aliphatic rings. The predicted octanol–water partition coefficient (Wildman–Crippen LogP) is 4.86. The minimum Gasteiger partial charge on any atom is -0.441 e. The van der Waals surface area contributed by atoms with Crippen LogP contribution in [0.1, 0.15) is 11.1 Å². The number of hydrogen-bond acceptors (Lipinski definition) is 1. The van der Waals surface area contributed by atoms with E-state index >= 15 is 0 Å². The summed E-state index contributed by atoms with van der Waals surface area (Å²) in [4.78, 5) is 0. The molecule has 0 bridgehead atoms. The fourth-order valence-electron chi connectivity index (χ4n) is 1.74. The van der Waals surface area contributed by atoms with Crippen molar-refractivity contribution in [1.29, 1.82) is 0 Å². The second kappa shape index (κ2) is 5.01. The van der Waals surface area contributed by atoms with Gasteiger partial charge in [-0.25, -0.2) is 0 Å². The number of benzene rings is 1. The molecule has 0 radical (unpaired) electrons. The van der Waals surface area contributed by atoms with Crippen molar-refractivity contribution in [3.05, 3.63) is 47.7 Å². The second-order valence-corrected chi connectivity index (χ2v) is 4.26. The van der Waals surface area contributed by atoms with Crippen LogP contribution in [0.3, 0.4) is 0 Å². The summed E-state index contributed by atoms with van der Waals surface area (Å²) in [5.41, 5.74) is -3.52. The highest BCUT2D eigenvalue weighted by Gasteiger charge is 2.43. The molecule has 1 aromatic carbocycles. The van der Waals surface area contributed by atoms with Gasteiger partial charge in [0.25, 0.3) is 0 Å². The van der Waals surface area contributed by atoms with Gasteiger partial charge in [-0.3, -0.25) is 0 Å². The van der Waals surface area contributed by atoms with E-state index < -0.39 is 23.5 Å². The number of hydrogen-bond donors (Lipinski definition) is 0. The molecule has 2 nitrogen and oxygen atoms in total. The SMILES string of the molecule is Cn1cccc1Oc1ccc(C(F)(F)F)c(C(F)(F)F)c1. The van der Waals surface area contributed by atoms with E-state index in [4.69, 9.17) is 4.74 Å². The van der Waals surface area contributed by atoms with Crippen LogP contribution in [0.15, 0.2) is 36.5 Å². The first-order chi connectivity index (χ1) is 9.59. The van der Waals surface area contributed by atoms with Gasteiger partial charge >= 0.3 is 12.4 Å². The van der Waals surface area contributed by atoms with Gasteiger partial charge in [-0.05, 0) is 24.3 Å². The maximum Gasteiger partial charge on any atom is 0.417 e. The molecule has 0 amide bonds. The molecule has 2 rings (SSSR count). The summed E-state index contributed by atoms with van der Waals surface area (Å²) < 4.78 is 82.7. The van der Waals surface area contributed by atoms with E-state index in [1.807, 2.05) is 0 Å². The molecule has 1 aromatic heterocycles. The molecule has 0 saturated carbocycles. The molecule has 0 unspecified atom stereocenters. The lowest BCUT2D eigenvalue weighted by molar-refractivity contribution is -0.162. The van der Waals surface area contributed by atoms with Gasteiger partial charge in [0.05, 0.1) is 11.1 Å². The van der Waals surface area contributed by atoms with Gasteiger partial charge in [0.15, 0.2) is 5.88 Å². The van der Waals surface area contributed by atoms with Crippen LogP contribution in [-0.4, -0.2) is 4.57 Å². The fraction of sp³-hybridized carbons (Fsp3) is 0.231. The Balaban J connectivity index is 2.45. The molecule has 21 heavy (non-hydrogen) atoms. The third-order valence-electron chi connectivity index (χ3n) is 2.72. The maximum absolute atomic E-state index is 12.8. The van der Waals surface area contributed by atoms with Crippen molar-refractivity contribution in [2.45, 2.75) is 12.4 Å². The number of nitrogens with zero attached hydrogens (tertiary/aromatic N) is 1. The summed E-state index contributed by atoms with van der Waals surface area (Å²) in [5.74, 6) is -0.111. The van der Waals surface area contributed by atoms with Crippen molar-refractivity contribution in [1.82, 2.24) is 4.57 Å². The standard InChI is InChI=1S/C13H9F6NO/c1-20-6-2-3-11(20)21-8-4-5-9(12(14,15)16)10(7-8)13(17,18)19/h2-7H,1H3. The van der Waals surface area contributed by atoms with Crippen molar-refractivity contribution < 1.29 is 31.1 Å². The number of alkyl halides is 6. The van der Waals surface area contributed by atoms with Gasteiger partial charge in [-0.2, -0.15) is 26.3 Å². The summed E-state index contributed by atoms with van der Waals surface area (Å²) in [5, 5.41) is 0. The topological polar surface area (TPSA) is 14.2 Å². The van der Waals surface area contributed by atoms with Gasteiger partial charge in [0, 0.05) is 19.3 Å². The van der Waals surface area contributed by atoms with Crippen LogP contribution in [-0.2, 0) is 19.4 Å². The minimum absolute atomic E-state index is 0.211. The first-order valence-electron chi connectivity index (χ1n) is 5.66. The predicted molar refractivity (Wildman–Crippen MR) is 61.9 cm³/mol. The normalized spacial score (nSPS) is 12.5. The molecule has 2 aromatic rings. The van der Waals surface area contributed by atoms with Crippen LogP contribution in [0.4, 0.5) is 26.3 Å². The highest BCUT2D eigenvalue weighted by atomic mass is 19.4. The number of ether oxygens (including phenoxy) is 1. The van der Waals surface area contributed by atoms with Gasteiger partial charge in [0.2, 0.25) is 0 Å². The Morgan fingerprint density at radius 1 is 0.905 bits per heavy atom. The molecule has 114 valence electrons. The lowest BCUT2D eigenvalue weighted by atomic mass is 10.1. The molecule has 0 saturated heterocycles. The van der Waals surface area contributed by atoms with Crippen LogP contribution < -0.4 is 4.74 Å². The van der Waals surface area contributed by atoms with Crippen LogP contribution in [0.5, 0.6) is 11.6 Å². The molecule has 0 aliphatic carbocycles. The van der Waals surface area contributed by atoms with Crippen molar-refractivity contribution in [3.8, 4) is 11.6 Å². The first kappa shape index (κ1) is 15.3. The van der Waals surface area contributed by atoms with E-state index in [1.54, 1.807) is 19.3 Å². The number of aryl methyl sites for hydroxylation is 1. The van der Waals surface area contributed by atoms with Gasteiger partial charge in [-0.1, -0.05) is 0 Å². The zero-order chi connectivity index (χ0) is 15.8. The third-order valence-corrected chi connectivity index (χ3v) is 2.72. The summed E-state index contributed by atoms with van der Waals surface area (Å²) in [6.07, 6.45) is -8.63. The third kappa shape index (κ3) is 3.32. The van der Waals surface area contributed by atoms with Crippen molar-refractivity contribution in [2.75, 3.05) is 0 Å². The molecular formula is C13H9F6NO. The molecule has 0 aliphatic heterocycles. The second-order valence-electron chi connectivity index (χ2n) is 4.26. The Bertz CT molecular complexity index is 641. The Hall–Kier alpha value is -2.12. The van der Waals surface area contributed by atoms with E-state index in [0.717, 1.165) is 6.07 Å². The average molecular weight is 309 g/mol. The first-order valence-corrected chi connectivity index (χ1v) is 5.66. The zero-order valence-corrected chi connectivity index (χ0v) is 10.6. The lowest BCUT2D eigenvalue weighted by Crippen LogP contribution is -2.16. The van der Waals surface area contributed by atoms with Crippen LogP contribution >= 0.6 is 0 Å². The monoisotopic (exact) mass is 309 g/mol. The highest BCUT2D eigenvalue weighted by Crippen LogP contribution is 2.42. The quantitative estimate of drug-likeness (QED) is 0.723. The van der Waals surface area contributed by atoms with Crippen molar-refractivity contribution in [2.24, 2.45) is 7.05 Å². The molecule has 1 heterocycles. The highest BCUT2D eigenvalue weighted by molar-refractivity contribution is 5.40. The van der Waals surface area contributed by atoms with E-state index in [9.17, 15) is 26.3 Å². The summed E-state index contributed by atoms with van der Waals surface area (Å²) in [6.45, 7) is 0. The molecular weight excluding hydrogens is 300 g/mol. The molecule has 8 heteroatoms. The molecule has 0 atom stereocenters. The molecule has 0 spiro atoms. The Labute approximate surface area is 115 Å².